The van der Waals surface area contributed by atoms with Gasteiger partial charge in [0.15, 0.2) is 5.82 Å². The van der Waals surface area contributed by atoms with Crippen molar-refractivity contribution in [2.24, 2.45) is 0 Å². The Balaban J connectivity index is 1.68. The van der Waals surface area contributed by atoms with Crippen molar-refractivity contribution in [1.82, 2.24) is 29.5 Å². The molecule has 0 atom stereocenters. The third-order valence-electron chi connectivity index (χ3n) is 3.75. The number of benzene rings is 1. The van der Waals surface area contributed by atoms with Crippen molar-refractivity contribution < 1.29 is 4.92 Å². The average Bonchev–Trinajstić information content (AvgIpc) is 3.10. The van der Waals surface area contributed by atoms with Gasteiger partial charge < -0.3 is 0 Å². The molecule has 0 aliphatic rings. The standard InChI is InChI=1S/C17H13N7O2S/c1-2-12-10-14(27-17-21-16-18-8-3-9-23(16)22-17)20-15(19-12)11-4-6-13(7-5-11)24(25)26/h3-10H,2H2,1H3. The Morgan fingerprint density at radius 1 is 1.19 bits per heavy atom. The van der Waals surface area contributed by atoms with Crippen LogP contribution in [0.4, 0.5) is 5.69 Å². The number of nitro benzene ring substituents is 1. The number of fused-ring (bicyclic) bond motifs is 1. The molecule has 10 heteroatoms. The van der Waals surface area contributed by atoms with Gasteiger partial charge in [-0.25, -0.2) is 19.5 Å². The maximum absolute atomic E-state index is 10.8. The Hall–Kier alpha value is -3.40. The molecule has 0 N–H and O–H groups in total. The molecule has 3 heterocycles. The molecule has 9 nitrogen and oxygen atoms in total. The Morgan fingerprint density at radius 3 is 2.70 bits per heavy atom. The van der Waals surface area contributed by atoms with Crippen molar-refractivity contribution in [2.75, 3.05) is 0 Å². The first-order valence-corrected chi connectivity index (χ1v) is 8.92. The summed E-state index contributed by atoms with van der Waals surface area (Å²) in [6, 6.07) is 9.85. The Bertz CT molecular complexity index is 1090. The van der Waals surface area contributed by atoms with Gasteiger partial charge in [0.2, 0.25) is 5.16 Å². The van der Waals surface area contributed by atoms with Gasteiger partial charge in [0.05, 0.1) is 4.92 Å². The summed E-state index contributed by atoms with van der Waals surface area (Å²) in [4.78, 5) is 28.0. The number of rotatable bonds is 5. The molecule has 0 unspecified atom stereocenters. The maximum atomic E-state index is 10.8. The zero-order chi connectivity index (χ0) is 18.8. The van der Waals surface area contributed by atoms with Crippen LogP contribution in [0.15, 0.2) is 59.0 Å². The van der Waals surface area contributed by atoms with Crippen LogP contribution in [-0.4, -0.2) is 34.5 Å². The lowest BCUT2D eigenvalue weighted by Crippen LogP contribution is -1.97. The number of hydrogen-bond donors (Lipinski definition) is 0. The third-order valence-corrected chi connectivity index (χ3v) is 4.52. The van der Waals surface area contributed by atoms with Crippen molar-refractivity contribution >= 4 is 23.2 Å². The second-order valence-corrected chi connectivity index (χ2v) is 6.53. The van der Waals surface area contributed by atoms with Crippen LogP contribution in [0, 0.1) is 10.1 Å². The molecule has 4 aromatic rings. The van der Waals surface area contributed by atoms with Crippen LogP contribution >= 0.6 is 11.8 Å². The summed E-state index contributed by atoms with van der Waals surface area (Å²) in [5.74, 6) is 1.02. The first-order valence-electron chi connectivity index (χ1n) is 8.10. The maximum Gasteiger partial charge on any atom is 0.269 e. The Kier molecular flexibility index (Phi) is 4.47. The van der Waals surface area contributed by atoms with Gasteiger partial charge in [0.25, 0.3) is 11.5 Å². The molecule has 3 aromatic heterocycles. The van der Waals surface area contributed by atoms with Gasteiger partial charge in [-0.1, -0.05) is 6.92 Å². The van der Waals surface area contributed by atoms with Crippen molar-refractivity contribution in [1.29, 1.82) is 0 Å². The van der Waals surface area contributed by atoms with Crippen LogP contribution in [0.25, 0.3) is 17.2 Å². The van der Waals surface area contributed by atoms with Gasteiger partial charge in [-0.15, -0.1) is 5.10 Å². The molecule has 0 saturated heterocycles. The van der Waals surface area contributed by atoms with Gasteiger partial charge in [-0.05, 0) is 42.4 Å². The molecule has 0 amide bonds. The van der Waals surface area contributed by atoms with E-state index in [0.29, 0.717) is 27.3 Å². The molecule has 4 rings (SSSR count). The first-order chi connectivity index (χ1) is 13.1. The summed E-state index contributed by atoms with van der Waals surface area (Å²) in [5.41, 5.74) is 1.60. The van der Waals surface area contributed by atoms with Crippen LogP contribution in [0.1, 0.15) is 12.6 Å². The van der Waals surface area contributed by atoms with E-state index < -0.39 is 4.92 Å². The molecule has 0 aliphatic carbocycles. The quantitative estimate of drug-likeness (QED) is 0.295. The first kappa shape index (κ1) is 17.0. The van der Waals surface area contributed by atoms with Crippen LogP contribution in [0.5, 0.6) is 0 Å². The largest absolute Gasteiger partial charge is 0.269 e. The smallest absolute Gasteiger partial charge is 0.258 e. The normalized spacial score (nSPS) is 11.0. The monoisotopic (exact) mass is 379 g/mol. The zero-order valence-electron chi connectivity index (χ0n) is 14.2. The van der Waals surface area contributed by atoms with Gasteiger partial charge in [-0.2, -0.15) is 4.98 Å². The summed E-state index contributed by atoms with van der Waals surface area (Å²) >= 11 is 1.32. The van der Waals surface area contributed by atoms with Crippen LogP contribution in [-0.2, 0) is 6.42 Å². The predicted molar refractivity (Wildman–Crippen MR) is 98.4 cm³/mol. The molecule has 0 aliphatic heterocycles. The third kappa shape index (κ3) is 3.60. The topological polar surface area (TPSA) is 112 Å². The van der Waals surface area contributed by atoms with E-state index in [9.17, 15) is 10.1 Å². The number of aryl methyl sites for hydroxylation is 1. The molecule has 27 heavy (non-hydrogen) atoms. The highest BCUT2D eigenvalue weighted by atomic mass is 32.2. The van der Waals surface area contributed by atoms with Crippen LogP contribution in [0.3, 0.4) is 0 Å². The van der Waals surface area contributed by atoms with E-state index in [1.165, 1.54) is 23.9 Å². The second kappa shape index (κ2) is 7.08. The van der Waals surface area contributed by atoms with E-state index in [1.807, 2.05) is 13.0 Å². The van der Waals surface area contributed by atoms with E-state index in [-0.39, 0.29) is 5.69 Å². The lowest BCUT2D eigenvalue weighted by molar-refractivity contribution is -0.384. The summed E-state index contributed by atoms with van der Waals surface area (Å²) < 4.78 is 1.60. The van der Waals surface area contributed by atoms with E-state index >= 15 is 0 Å². The molecule has 0 radical (unpaired) electrons. The number of non-ortho nitro benzene ring substituents is 1. The number of hydrogen-bond acceptors (Lipinski definition) is 8. The molecule has 0 bridgehead atoms. The second-order valence-electron chi connectivity index (χ2n) is 5.54. The number of aromatic nitrogens is 6. The molecule has 0 fully saturated rings. The number of nitro groups is 1. The van der Waals surface area contributed by atoms with Crippen LogP contribution < -0.4 is 0 Å². The van der Waals surface area contributed by atoms with Gasteiger partial charge in [0.1, 0.15) is 5.03 Å². The number of nitrogens with zero attached hydrogens (tertiary/aromatic N) is 7. The molecular weight excluding hydrogens is 366 g/mol. The Labute approximate surface area is 157 Å². The highest BCUT2D eigenvalue weighted by Gasteiger charge is 2.12. The minimum Gasteiger partial charge on any atom is -0.258 e. The fraction of sp³-hybridized carbons (Fsp3) is 0.118. The molecule has 1 aromatic carbocycles. The van der Waals surface area contributed by atoms with Crippen molar-refractivity contribution in [3.63, 3.8) is 0 Å². The van der Waals surface area contributed by atoms with E-state index in [0.717, 1.165) is 12.1 Å². The molecular formula is C17H13N7O2S. The zero-order valence-corrected chi connectivity index (χ0v) is 15.0. The highest BCUT2D eigenvalue weighted by molar-refractivity contribution is 7.99. The van der Waals surface area contributed by atoms with Crippen LogP contribution in [0.2, 0.25) is 0 Å². The summed E-state index contributed by atoms with van der Waals surface area (Å²) in [5, 5.41) is 16.4. The lowest BCUT2D eigenvalue weighted by Gasteiger charge is -2.06. The highest BCUT2D eigenvalue weighted by Crippen LogP contribution is 2.27. The summed E-state index contributed by atoms with van der Waals surface area (Å²) in [7, 11) is 0. The fourth-order valence-electron chi connectivity index (χ4n) is 2.42. The van der Waals surface area contributed by atoms with E-state index in [4.69, 9.17) is 0 Å². The predicted octanol–water partition coefficient (Wildman–Crippen LogP) is 3.20. The van der Waals surface area contributed by atoms with Crippen molar-refractivity contribution in [3.05, 3.63) is 64.6 Å². The fourth-order valence-corrected chi connectivity index (χ4v) is 3.19. The van der Waals surface area contributed by atoms with Crippen molar-refractivity contribution in [3.8, 4) is 11.4 Å². The summed E-state index contributed by atoms with van der Waals surface area (Å²) in [6.45, 7) is 2.00. The van der Waals surface area contributed by atoms with Gasteiger partial charge >= 0.3 is 0 Å². The van der Waals surface area contributed by atoms with Crippen molar-refractivity contribution in [2.45, 2.75) is 23.5 Å². The molecule has 0 spiro atoms. The molecule has 0 saturated carbocycles. The average molecular weight is 379 g/mol. The SMILES string of the molecule is CCc1cc(Sc2nc3ncccn3n2)nc(-c2ccc([N+](=O)[O-])cc2)n1. The minimum absolute atomic E-state index is 0.0291. The Morgan fingerprint density at radius 2 is 2.00 bits per heavy atom. The van der Waals surface area contributed by atoms with E-state index in [2.05, 4.69) is 25.0 Å². The molecule has 134 valence electrons. The van der Waals surface area contributed by atoms with E-state index in [1.54, 1.807) is 35.1 Å². The van der Waals surface area contributed by atoms with Gasteiger partial charge in [-0.3, -0.25) is 10.1 Å². The minimum atomic E-state index is -0.433. The summed E-state index contributed by atoms with van der Waals surface area (Å²) in [6.07, 6.45) is 4.17. The van der Waals surface area contributed by atoms with Gasteiger partial charge in [0, 0.05) is 35.8 Å². The lowest BCUT2D eigenvalue weighted by atomic mass is 10.2.